The number of hydrogen-bond acceptors (Lipinski definition) is 2. The Morgan fingerprint density at radius 3 is 2.50 bits per heavy atom. The first kappa shape index (κ1) is 12.1. The maximum atomic E-state index is 11.3. The largest absolute Gasteiger partial charge is 0.483 e. The summed E-state index contributed by atoms with van der Waals surface area (Å²) in [6, 6.07) is 12.3. The van der Waals surface area contributed by atoms with Crippen molar-refractivity contribution < 1.29 is 14.7 Å². The molecule has 1 aliphatic carbocycles. The Hall–Kier alpha value is -2.36. The van der Waals surface area contributed by atoms with Crippen LogP contribution in [0, 0.1) is 0 Å². The Labute approximate surface area is 104 Å². The predicted molar refractivity (Wildman–Crippen MR) is 68.3 cm³/mol. The van der Waals surface area contributed by atoms with E-state index >= 15 is 0 Å². The SMILES string of the molecule is NC(=O)C1Cc2cccc3cccc1c23.O=CO. The molecule has 1 atom stereocenters. The Balaban J connectivity index is 0.000000367. The second kappa shape index (κ2) is 4.87. The van der Waals surface area contributed by atoms with Crippen LogP contribution in [0.3, 0.4) is 0 Å². The highest BCUT2D eigenvalue weighted by Gasteiger charge is 2.27. The molecular weight excluding hydrogens is 230 g/mol. The summed E-state index contributed by atoms with van der Waals surface area (Å²) in [5.74, 6) is -0.357. The number of benzene rings is 2. The van der Waals surface area contributed by atoms with Crippen LogP contribution in [0.2, 0.25) is 0 Å². The maximum absolute atomic E-state index is 11.3. The lowest BCUT2D eigenvalue weighted by molar-refractivity contribution is -0.123. The van der Waals surface area contributed by atoms with Crippen molar-refractivity contribution in [3.8, 4) is 0 Å². The number of hydrogen-bond donors (Lipinski definition) is 2. The van der Waals surface area contributed by atoms with Crippen LogP contribution in [0.15, 0.2) is 36.4 Å². The van der Waals surface area contributed by atoms with Gasteiger partial charge in [-0.15, -0.1) is 0 Å². The van der Waals surface area contributed by atoms with Crippen LogP contribution in [0.5, 0.6) is 0 Å². The van der Waals surface area contributed by atoms with Crippen LogP contribution < -0.4 is 5.73 Å². The molecule has 0 bridgehead atoms. The molecule has 2 aromatic rings. The molecule has 0 heterocycles. The van der Waals surface area contributed by atoms with Gasteiger partial charge >= 0.3 is 0 Å². The first-order chi connectivity index (χ1) is 8.69. The molecule has 0 saturated carbocycles. The zero-order valence-corrected chi connectivity index (χ0v) is 9.67. The fourth-order valence-corrected chi connectivity index (χ4v) is 2.49. The Kier molecular flexibility index (Phi) is 3.28. The molecule has 3 N–H and O–H groups in total. The summed E-state index contributed by atoms with van der Waals surface area (Å²) in [6.07, 6.45) is 0.756. The van der Waals surface area contributed by atoms with Crippen LogP contribution in [0.1, 0.15) is 17.0 Å². The van der Waals surface area contributed by atoms with Gasteiger partial charge in [0.2, 0.25) is 5.91 Å². The molecule has 18 heavy (non-hydrogen) atoms. The van der Waals surface area contributed by atoms with Gasteiger partial charge in [-0.2, -0.15) is 0 Å². The van der Waals surface area contributed by atoms with Gasteiger partial charge in [0.1, 0.15) is 0 Å². The molecule has 0 aliphatic heterocycles. The second-order valence-electron chi connectivity index (χ2n) is 4.13. The lowest BCUT2D eigenvalue weighted by Crippen LogP contribution is -2.20. The van der Waals surface area contributed by atoms with Crippen molar-refractivity contribution in [1.82, 2.24) is 0 Å². The minimum Gasteiger partial charge on any atom is -0.483 e. The van der Waals surface area contributed by atoms with Gasteiger partial charge in [0.15, 0.2) is 0 Å². The smallest absolute Gasteiger partial charge is 0.290 e. The highest BCUT2D eigenvalue weighted by Crippen LogP contribution is 2.37. The number of amides is 1. The standard InChI is InChI=1S/C13H11NO.CH2O2/c14-13(15)11-7-9-5-1-3-8-4-2-6-10(11)12(8)9;2-1-3/h1-6,11H,7H2,(H2,14,15);1H,(H,2,3). The van der Waals surface area contributed by atoms with Gasteiger partial charge in [0.25, 0.3) is 6.47 Å². The van der Waals surface area contributed by atoms with E-state index in [9.17, 15) is 4.79 Å². The van der Waals surface area contributed by atoms with Gasteiger partial charge in [-0.05, 0) is 28.3 Å². The van der Waals surface area contributed by atoms with E-state index in [1.807, 2.05) is 18.2 Å². The molecule has 92 valence electrons. The molecule has 0 saturated heterocycles. The zero-order chi connectivity index (χ0) is 13.1. The van der Waals surface area contributed by atoms with Crippen molar-refractivity contribution in [1.29, 1.82) is 0 Å². The van der Waals surface area contributed by atoms with Crippen LogP contribution >= 0.6 is 0 Å². The number of nitrogens with two attached hydrogens (primary N) is 1. The van der Waals surface area contributed by atoms with Gasteiger partial charge < -0.3 is 10.8 Å². The van der Waals surface area contributed by atoms with E-state index in [1.54, 1.807) is 0 Å². The third-order valence-electron chi connectivity index (χ3n) is 3.17. The van der Waals surface area contributed by atoms with E-state index in [4.69, 9.17) is 15.6 Å². The van der Waals surface area contributed by atoms with Crippen LogP contribution in [0.25, 0.3) is 10.8 Å². The minimum atomic E-state index is -0.250. The predicted octanol–water partition coefficient (Wildman–Crippen LogP) is 1.67. The lowest BCUT2D eigenvalue weighted by Gasteiger charge is -2.05. The normalized spacial score (nSPS) is 15.9. The van der Waals surface area contributed by atoms with Crippen LogP contribution in [-0.4, -0.2) is 17.5 Å². The van der Waals surface area contributed by atoms with Crippen molar-refractivity contribution in [3.05, 3.63) is 47.5 Å². The number of carbonyl (C=O) groups excluding carboxylic acids is 1. The molecule has 1 unspecified atom stereocenters. The van der Waals surface area contributed by atoms with Crippen molar-refractivity contribution in [2.24, 2.45) is 5.73 Å². The molecule has 1 amide bonds. The molecular formula is C14H13NO3. The van der Waals surface area contributed by atoms with E-state index in [1.165, 1.54) is 16.3 Å². The first-order valence-corrected chi connectivity index (χ1v) is 5.56. The summed E-state index contributed by atoms with van der Waals surface area (Å²) in [4.78, 5) is 19.7. The molecule has 4 heteroatoms. The molecule has 2 aromatic carbocycles. The van der Waals surface area contributed by atoms with Crippen LogP contribution in [0.4, 0.5) is 0 Å². The van der Waals surface area contributed by atoms with E-state index in [-0.39, 0.29) is 18.3 Å². The van der Waals surface area contributed by atoms with E-state index in [0.29, 0.717) is 0 Å². The number of rotatable bonds is 1. The fraction of sp³-hybridized carbons (Fsp3) is 0.143. The highest BCUT2D eigenvalue weighted by atomic mass is 16.3. The first-order valence-electron chi connectivity index (χ1n) is 5.56. The third-order valence-corrected chi connectivity index (χ3v) is 3.17. The van der Waals surface area contributed by atoms with Gasteiger partial charge in [-0.3, -0.25) is 9.59 Å². The summed E-state index contributed by atoms with van der Waals surface area (Å²) >= 11 is 0. The Morgan fingerprint density at radius 1 is 1.28 bits per heavy atom. The van der Waals surface area contributed by atoms with Gasteiger partial charge in [0.05, 0.1) is 5.92 Å². The summed E-state index contributed by atoms with van der Waals surface area (Å²) in [5.41, 5.74) is 7.75. The molecule has 0 spiro atoms. The quantitative estimate of drug-likeness (QED) is 0.747. The summed E-state index contributed by atoms with van der Waals surface area (Å²) < 4.78 is 0. The average molecular weight is 243 g/mol. The van der Waals surface area contributed by atoms with E-state index < -0.39 is 0 Å². The molecule has 0 fully saturated rings. The maximum Gasteiger partial charge on any atom is 0.290 e. The molecule has 3 rings (SSSR count). The van der Waals surface area contributed by atoms with Gasteiger partial charge in [-0.25, -0.2) is 0 Å². The number of carbonyl (C=O) groups is 2. The molecule has 1 aliphatic rings. The second-order valence-corrected chi connectivity index (χ2v) is 4.13. The topological polar surface area (TPSA) is 80.4 Å². The lowest BCUT2D eigenvalue weighted by atomic mass is 10.00. The number of primary amides is 1. The summed E-state index contributed by atoms with van der Waals surface area (Å²) in [5, 5.41) is 9.32. The molecule has 0 radical (unpaired) electrons. The van der Waals surface area contributed by atoms with Gasteiger partial charge in [0, 0.05) is 0 Å². The van der Waals surface area contributed by atoms with E-state index in [0.717, 1.165) is 12.0 Å². The van der Waals surface area contributed by atoms with Gasteiger partial charge in [-0.1, -0.05) is 36.4 Å². The monoisotopic (exact) mass is 243 g/mol. The third kappa shape index (κ3) is 1.93. The van der Waals surface area contributed by atoms with Crippen molar-refractivity contribution in [3.63, 3.8) is 0 Å². The molecule has 4 nitrogen and oxygen atoms in total. The minimum absolute atomic E-state index is 0.133. The van der Waals surface area contributed by atoms with Crippen molar-refractivity contribution in [2.45, 2.75) is 12.3 Å². The zero-order valence-electron chi connectivity index (χ0n) is 9.67. The van der Waals surface area contributed by atoms with Crippen molar-refractivity contribution >= 4 is 23.2 Å². The highest BCUT2D eigenvalue weighted by molar-refractivity contribution is 5.97. The fourth-order valence-electron chi connectivity index (χ4n) is 2.49. The van der Waals surface area contributed by atoms with Crippen LogP contribution in [-0.2, 0) is 16.0 Å². The Morgan fingerprint density at radius 2 is 1.89 bits per heavy atom. The van der Waals surface area contributed by atoms with E-state index in [2.05, 4.69) is 18.2 Å². The Bertz CT molecular complexity index is 602. The summed E-state index contributed by atoms with van der Waals surface area (Å²) in [6.45, 7) is -0.250. The summed E-state index contributed by atoms with van der Waals surface area (Å²) in [7, 11) is 0. The average Bonchev–Trinajstić information content (AvgIpc) is 2.72. The molecule has 0 aromatic heterocycles. The van der Waals surface area contributed by atoms with Crippen molar-refractivity contribution in [2.75, 3.05) is 0 Å². The number of carboxylic acid groups (broad SMARTS) is 1.